The average Bonchev–Trinajstić information content (AvgIpc) is 2.12. The average molecular weight is 178 g/mol. The van der Waals surface area contributed by atoms with E-state index in [-0.39, 0.29) is 13.0 Å². The highest BCUT2D eigenvalue weighted by Gasteiger charge is 2.07. The maximum absolute atomic E-state index is 10.8. The van der Waals surface area contributed by atoms with E-state index < -0.39 is 11.9 Å². The van der Waals surface area contributed by atoms with Crippen LogP contribution in [-0.4, -0.2) is 12.6 Å². The molecular formula is C9H10N2O2. The van der Waals surface area contributed by atoms with Gasteiger partial charge in [-0.25, -0.2) is 4.79 Å². The lowest BCUT2D eigenvalue weighted by atomic mass is 10.1. The van der Waals surface area contributed by atoms with Crippen molar-refractivity contribution in [1.82, 2.24) is 0 Å². The monoisotopic (exact) mass is 178 g/mol. The number of rotatable bonds is 4. The Morgan fingerprint density at radius 2 is 2.08 bits per heavy atom. The number of esters is 1. The van der Waals surface area contributed by atoms with E-state index in [1.54, 1.807) is 12.1 Å². The predicted octanol–water partition coefficient (Wildman–Crippen LogP) is 1.16. The Bertz CT molecular complexity index is 269. The van der Waals surface area contributed by atoms with Gasteiger partial charge in [0, 0.05) is 12.0 Å². The lowest BCUT2D eigenvalue weighted by Gasteiger charge is -2.03. The van der Waals surface area contributed by atoms with Crippen molar-refractivity contribution in [3.8, 4) is 12.1 Å². The summed E-state index contributed by atoms with van der Waals surface area (Å²) in [6.45, 7) is 5.01. The maximum Gasteiger partial charge on any atom is 0.333 e. The first kappa shape index (κ1) is 11.2. The van der Waals surface area contributed by atoms with Gasteiger partial charge in [-0.2, -0.15) is 10.5 Å². The Hall–Kier alpha value is -1.81. The van der Waals surface area contributed by atoms with Crippen LogP contribution in [0.2, 0.25) is 0 Å². The zero-order valence-electron chi connectivity index (χ0n) is 7.41. The number of hydrogen-bond acceptors (Lipinski definition) is 4. The zero-order valence-corrected chi connectivity index (χ0v) is 7.41. The number of nitriles is 2. The van der Waals surface area contributed by atoms with E-state index in [0.29, 0.717) is 5.57 Å². The standard InChI is InChI=1S/C9H10N2O2/c1-7(2)9(12)13-4-3-8(5-10)6-11/h8H,1,3-4H2,2H3. The van der Waals surface area contributed by atoms with Gasteiger partial charge < -0.3 is 4.74 Å². The lowest BCUT2D eigenvalue weighted by molar-refractivity contribution is -0.139. The quantitative estimate of drug-likeness (QED) is 0.478. The van der Waals surface area contributed by atoms with E-state index in [1.807, 2.05) is 0 Å². The van der Waals surface area contributed by atoms with E-state index >= 15 is 0 Å². The van der Waals surface area contributed by atoms with Crippen molar-refractivity contribution >= 4 is 5.97 Å². The second kappa shape index (κ2) is 5.79. The van der Waals surface area contributed by atoms with Crippen LogP contribution in [0.1, 0.15) is 13.3 Å². The van der Waals surface area contributed by atoms with Crippen molar-refractivity contribution in [2.45, 2.75) is 13.3 Å². The predicted molar refractivity (Wildman–Crippen MR) is 45.1 cm³/mol. The van der Waals surface area contributed by atoms with Crippen molar-refractivity contribution in [1.29, 1.82) is 10.5 Å². The van der Waals surface area contributed by atoms with Crippen LogP contribution in [0.25, 0.3) is 0 Å². The highest BCUT2D eigenvalue weighted by atomic mass is 16.5. The molecule has 68 valence electrons. The molecule has 0 aliphatic rings. The summed E-state index contributed by atoms with van der Waals surface area (Å²) in [4.78, 5) is 10.8. The van der Waals surface area contributed by atoms with Crippen molar-refractivity contribution in [3.05, 3.63) is 12.2 Å². The Morgan fingerprint density at radius 3 is 2.46 bits per heavy atom. The summed E-state index contributed by atoms with van der Waals surface area (Å²) in [5.41, 5.74) is 0.311. The Morgan fingerprint density at radius 1 is 1.54 bits per heavy atom. The van der Waals surface area contributed by atoms with Gasteiger partial charge in [0.1, 0.15) is 5.92 Å². The summed E-state index contributed by atoms with van der Waals surface area (Å²) < 4.78 is 4.70. The fraction of sp³-hybridized carbons (Fsp3) is 0.444. The van der Waals surface area contributed by atoms with Crippen LogP contribution in [0.15, 0.2) is 12.2 Å². The number of nitrogens with zero attached hydrogens (tertiary/aromatic N) is 2. The molecule has 0 unspecified atom stereocenters. The Kier molecular flexibility index (Phi) is 4.99. The molecule has 13 heavy (non-hydrogen) atoms. The maximum atomic E-state index is 10.8. The third kappa shape index (κ3) is 4.60. The van der Waals surface area contributed by atoms with Crippen LogP contribution >= 0.6 is 0 Å². The number of ether oxygens (including phenoxy) is 1. The van der Waals surface area contributed by atoms with Crippen molar-refractivity contribution in [2.24, 2.45) is 5.92 Å². The molecule has 0 radical (unpaired) electrons. The second-order valence-electron chi connectivity index (χ2n) is 2.52. The second-order valence-corrected chi connectivity index (χ2v) is 2.52. The van der Waals surface area contributed by atoms with Crippen molar-refractivity contribution < 1.29 is 9.53 Å². The third-order valence-electron chi connectivity index (χ3n) is 1.30. The van der Waals surface area contributed by atoms with Crippen LogP contribution in [0, 0.1) is 28.6 Å². The van der Waals surface area contributed by atoms with E-state index in [4.69, 9.17) is 15.3 Å². The van der Waals surface area contributed by atoms with Gasteiger partial charge in [-0.15, -0.1) is 0 Å². The molecule has 0 fully saturated rings. The molecule has 0 aliphatic heterocycles. The topological polar surface area (TPSA) is 73.9 Å². The summed E-state index contributed by atoms with van der Waals surface area (Å²) in [6.07, 6.45) is 0.242. The fourth-order valence-electron chi connectivity index (χ4n) is 0.551. The number of hydrogen-bond donors (Lipinski definition) is 0. The molecule has 0 aromatic carbocycles. The molecule has 0 bridgehead atoms. The van der Waals surface area contributed by atoms with Crippen molar-refractivity contribution in [2.75, 3.05) is 6.61 Å². The molecule has 0 atom stereocenters. The van der Waals surface area contributed by atoms with Crippen molar-refractivity contribution in [3.63, 3.8) is 0 Å². The molecule has 0 saturated carbocycles. The van der Waals surface area contributed by atoms with Crippen LogP contribution in [0.3, 0.4) is 0 Å². The Labute approximate surface area is 77.0 Å². The van der Waals surface area contributed by atoms with Gasteiger partial charge >= 0.3 is 5.97 Å². The van der Waals surface area contributed by atoms with Gasteiger partial charge in [0.05, 0.1) is 18.7 Å². The molecule has 0 aromatic heterocycles. The minimum absolute atomic E-state index is 0.0808. The van der Waals surface area contributed by atoms with Gasteiger partial charge in [0.15, 0.2) is 0 Å². The number of carbonyl (C=O) groups is 1. The third-order valence-corrected chi connectivity index (χ3v) is 1.30. The van der Waals surface area contributed by atoms with Gasteiger partial charge in [0.25, 0.3) is 0 Å². The highest BCUT2D eigenvalue weighted by molar-refractivity contribution is 5.86. The molecule has 4 nitrogen and oxygen atoms in total. The van der Waals surface area contributed by atoms with E-state index in [1.165, 1.54) is 6.92 Å². The first-order chi connectivity index (χ1) is 6.11. The SMILES string of the molecule is C=C(C)C(=O)OCCC(C#N)C#N. The van der Waals surface area contributed by atoms with Crippen LogP contribution in [-0.2, 0) is 9.53 Å². The first-order valence-electron chi connectivity index (χ1n) is 3.73. The van der Waals surface area contributed by atoms with E-state index in [2.05, 4.69) is 6.58 Å². The molecule has 0 N–H and O–H groups in total. The molecular weight excluding hydrogens is 168 g/mol. The molecule has 0 rings (SSSR count). The smallest absolute Gasteiger partial charge is 0.333 e. The molecule has 0 amide bonds. The summed E-state index contributed by atoms with van der Waals surface area (Å²) in [7, 11) is 0. The van der Waals surface area contributed by atoms with Crippen LogP contribution in [0.4, 0.5) is 0 Å². The molecule has 0 aromatic rings. The number of carbonyl (C=O) groups excluding carboxylic acids is 1. The molecule has 0 heterocycles. The largest absolute Gasteiger partial charge is 0.462 e. The highest BCUT2D eigenvalue weighted by Crippen LogP contribution is 2.01. The Balaban J connectivity index is 3.70. The summed E-state index contributed by atoms with van der Waals surface area (Å²) in [5, 5.41) is 16.7. The normalized spacial score (nSPS) is 8.62. The van der Waals surface area contributed by atoms with Crippen LogP contribution in [0.5, 0.6) is 0 Å². The minimum Gasteiger partial charge on any atom is -0.462 e. The van der Waals surface area contributed by atoms with E-state index in [9.17, 15) is 4.79 Å². The lowest BCUT2D eigenvalue weighted by Crippen LogP contribution is -2.08. The van der Waals surface area contributed by atoms with Gasteiger partial charge in [-0.1, -0.05) is 6.58 Å². The molecule has 0 aliphatic carbocycles. The van der Waals surface area contributed by atoms with Gasteiger partial charge in [0.2, 0.25) is 0 Å². The van der Waals surface area contributed by atoms with Gasteiger partial charge in [-0.05, 0) is 6.92 Å². The zero-order chi connectivity index (χ0) is 10.3. The summed E-state index contributed by atoms with van der Waals surface area (Å²) >= 11 is 0. The summed E-state index contributed by atoms with van der Waals surface area (Å²) in [6, 6.07) is 3.56. The minimum atomic E-state index is -0.710. The first-order valence-corrected chi connectivity index (χ1v) is 3.73. The fourth-order valence-corrected chi connectivity index (χ4v) is 0.551. The molecule has 0 saturated heterocycles. The molecule has 4 heteroatoms. The van der Waals surface area contributed by atoms with Crippen LogP contribution < -0.4 is 0 Å². The molecule has 0 spiro atoms. The van der Waals surface area contributed by atoms with Gasteiger partial charge in [-0.3, -0.25) is 0 Å². The van der Waals surface area contributed by atoms with E-state index in [0.717, 1.165) is 0 Å². The summed E-state index contributed by atoms with van der Waals surface area (Å²) in [5.74, 6) is -1.20.